The number of nitrogens with two attached hydrogens (primary N) is 1. The van der Waals surface area contributed by atoms with Crippen molar-refractivity contribution in [3.05, 3.63) is 30.5 Å². The average Bonchev–Trinajstić information content (AvgIpc) is 2.68. The lowest BCUT2D eigenvalue weighted by molar-refractivity contribution is 0.475. The number of nitrogens with zero attached hydrogens (tertiary/aromatic N) is 3. The van der Waals surface area contributed by atoms with Gasteiger partial charge in [0.05, 0.1) is 18.4 Å². The highest BCUT2D eigenvalue weighted by Crippen LogP contribution is 2.20. The maximum Gasteiger partial charge on any atom is 0.115 e. The third kappa shape index (κ3) is 1.97. The number of phenolic OH excluding ortho intramolecular Hbond substituents is 1. The molecule has 0 radical (unpaired) electrons. The highest BCUT2D eigenvalue weighted by Gasteiger charge is 2.05. The molecule has 0 amide bonds. The molecule has 0 aliphatic rings. The molecule has 2 rings (SSSR count). The first-order valence-electron chi connectivity index (χ1n) is 4.69. The maximum atomic E-state index is 9.17. The first-order chi connectivity index (χ1) is 7.31. The average molecular weight is 204 g/mol. The Morgan fingerprint density at radius 2 is 2.00 bits per heavy atom. The number of aromatic hydroxyl groups is 1. The minimum atomic E-state index is 0.247. The van der Waals surface area contributed by atoms with E-state index in [9.17, 15) is 0 Å². The molecule has 0 bridgehead atoms. The molecule has 78 valence electrons. The lowest BCUT2D eigenvalue weighted by Crippen LogP contribution is -2.12. The Bertz CT molecular complexity index is 435. The van der Waals surface area contributed by atoms with Crippen LogP contribution in [0.5, 0.6) is 5.75 Å². The highest BCUT2D eigenvalue weighted by atomic mass is 16.3. The van der Waals surface area contributed by atoms with Crippen molar-refractivity contribution in [2.75, 3.05) is 6.54 Å². The van der Waals surface area contributed by atoms with Crippen molar-refractivity contribution >= 4 is 0 Å². The molecule has 1 aromatic heterocycles. The lowest BCUT2D eigenvalue weighted by Gasteiger charge is -2.04. The first-order valence-corrected chi connectivity index (χ1v) is 4.69. The van der Waals surface area contributed by atoms with E-state index in [-0.39, 0.29) is 5.75 Å². The molecule has 1 heterocycles. The van der Waals surface area contributed by atoms with Crippen molar-refractivity contribution in [3.63, 3.8) is 0 Å². The maximum absolute atomic E-state index is 9.17. The Balaban J connectivity index is 2.36. The summed E-state index contributed by atoms with van der Waals surface area (Å²) in [6.45, 7) is 1.16. The second kappa shape index (κ2) is 4.10. The van der Waals surface area contributed by atoms with Crippen LogP contribution in [0.15, 0.2) is 30.5 Å². The van der Waals surface area contributed by atoms with Crippen molar-refractivity contribution in [2.45, 2.75) is 6.54 Å². The van der Waals surface area contributed by atoms with E-state index < -0.39 is 0 Å². The molecule has 0 unspecified atom stereocenters. The quantitative estimate of drug-likeness (QED) is 0.768. The fraction of sp³-hybridized carbons (Fsp3) is 0.200. The van der Waals surface area contributed by atoms with E-state index in [4.69, 9.17) is 10.8 Å². The summed E-state index contributed by atoms with van der Waals surface area (Å²) in [5, 5.41) is 16.9. The van der Waals surface area contributed by atoms with Gasteiger partial charge < -0.3 is 10.8 Å². The van der Waals surface area contributed by atoms with Crippen molar-refractivity contribution < 1.29 is 5.11 Å². The summed E-state index contributed by atoms with van der Waals surface area (Å²) < 4.78 is 1.74. The SMILES string of the molecule is NCCn1nncc1-c1ccc(O)cc1. The number of benzene rings is 1. The normalized spacial score (nSPS) is 10.5. The summed E-state index contributed by atoms with van der Waals surface area (Å²) in [6, 6.07) is 6.91. The van der Waals surface area contributed by atoms with Gasteiger partial charge in [-0.15, -0.1) is 5.10 Å². The molecule has 1 aromatic carbocycles. The van der Waals surface area contributed by atoms with Crippen LogP contribution in [-0.2, 0) is 6.54 Å². The van der Waals surface area contributed by atoms with Gasteiger partial charge in [-0.25, -0.2) is 4.68 Å². The molecule has 0 spiro atoms. The third-order valence-electron chi connectivity index (χ3n) is 2.12. The van der Waals surface area contributed by atoms with Crippen LogP contribution < -0.4 is 5.73 Å². The predicted octanol–water partition coefficient (Wildman–Crippen LogP) is 0.609. The second-order valence-corrected chi connectivity index (χ2v) is 3.18. The standard InChI is InChI=1S/C10H12N4O/c11-5-6-14-10(7-12-13-14)8-1-3-9(15)4-2-8/h1-4,7,15H,5-6,11H2. The fourth-order valence-electron chi connectivity index (χ4n) is 1.40. The zero-order valence-electron chi connectivity index (χ0n) is 8.17. The lowest BCUT2D eigenvalue weighted by atomic mass is 10.1. The molecule has 5 heteroatoms. The highest BCUT2D eigenvalue weighted by molar-refractivity contribution is 5.59. The van der Waals surface area contributed by atoms with Crippen LogP contribution in [0.2, 0.25) is 0 Å². The predicted molar refractivity (Wildman–Crippen MR) is 56.2 cm³/mol. The van der Waals surface area contributed by atoms with Gasteiger partial charge in [0.25, 0.3) is 0 Å². The van der Waals surface area contributed by atoms with Crippen molar-refractivity contribution in [1.29, 1.82) is 0 Å². The molecule has 0 saturated carbocycles. The number of rotatable bonds is 3. The van der Waals surface area contributed by atoms with Crippen LogP contribution in [-0.4, -0.2) is 26.6 Å². The van der Waals surface area contributed by atoms with Crippen LogP contribution in [0.1, 0.15) is 0 Å². The van der Waals surface area contributed by atoms with E-state index in [1.54, 1.807) is 23.0 Å². The Labute approximate surface area is 87.1 Å². The molecule has 0 fully saturated rings. The third-order valence-corrected chi connectivity index (χ3v) is 2.12. The minimum absolute atomic E-state index is 0.247. The summed E-state index contributed by atoms with van der Waals surface area (Å²) in [5.74, 6) is 0.247. The minimum Gasteiger partial charge on any atom is -0.508 e. The summed E-state index contributed by atoms with van der Waals surface area (Å²) in [5.41, 5.74) is 7.33. The fourth-order valence-corrected chi connectivity index (χ4v) is 1.40. The van der Waals surface area contributed by atoms with Gasteiger partial charge in [0.2, 0.25) is 0 Å². The summed E-state index contributed by atoms with van der Waals surface area (Å²) in [4.78, 5) is 0. The molecule has 15 heavy (non-hydrogen) atoms. The molecule has 2 aromatic rings. The number of aromatic nitrogens is 3. The van der Waals surface area contributed by atoms with Crippen molar-refractivity contribution in [2.24, 2.45) is 5.73 Å². The van der Waals surface area contributed by atoms with Gasteiger partial charge in [0.1, 0.15) is 5.75 Å². The number of hydrogen-bond donors (Lipinski definition) is 2. The second-order valence-electron chi connectivity index (χ2n) is 3.18. The van der Waals surface area contributed by atoms with Gasteiger partial charge in [0, 0.05) is 12.1 Å². The van der Waals surface area contributed by atoms with Crippen LogP contribution in [0.25, 0.3) is 11.3 Å². The topological polar surface area (TPSA) is 77.0 Å². The molecular weight excluding hydrogens is 192 g/mol. The summed E-state index contributed by atoms with van der Waals surface area (Å²) >= 11 is 0. The Hall–Kier alpha value is -1.88. The van der Waals surface area contributed by atoms with Gasteiger partial charge >= 0.3 is 0 Å². The van der Waals surface area contributed by atoms with Gasteiger partial charge in [-0.3, -0.25) is 0 Å². The summed E-state index contributed by atoms with van der Waals surface area (Å²) in [7, 11) is 0. The van der Waals surface area contributed by atoms with Gasteiger partial charge in [-0.1, -0.05) is 5.21 Å². The van der Waals surface area contributed by atoms with Crippen LogP contribution >= 0.6 is 0 Å². The molecule has 0 aliphatic heterocycles. The van der Waals surface area contributed by atoms with E-state index >= 15 is 0 Å². The van der Waals surface area contributed by atoms with Crippen LogP contribution in [0.3, 0.4) is 0 Å². The zero-order chi connectivity index (χ0) is 10.7. The van der Waals surface area contributed by atoms with Gasteiger partial charge in [0.15, 0.2) is 0 Å². The van der Waals surface area contributed by atoms with E-state index in [1.165, 1.54) is 0 Å². The number of phenols is 1. The smallest absolute Gasteiger partial charge is 0.115 e. The van der Waals surface area contributed by atoms with E-state index in [0.717, 1.165) is 11.3 Å². The molecule has 5 nitrogen and oxygen atoms in total. The van der Waals surface area contributed by atoms with Gasteiger partial charge in [-0.2, -0.15) is 0 Å². The Morgan fingerprint density at radius 3 is 2.67 bits per heavy atom. The van der Waals surface area contributed by atoms with E-state index in [0.29, 0.717) is 13.1 Å². The Morgan fingerprint density at radius 1 is 1.27 bits per heavy atom. The largest absolute Gasteiger partial charge is 0.508 e. The molecule has 0 aliphatic carbocycles. The first kappa shape index (κ1) is 9.67. The molecular formula is C10H12N4O. The van der Waals surface area contributed by atoms with Crippen molar-refractivity contribution in [1.82, 2.24) is 15.0 Å². The van der Waals surface area contributed by atoms with E-state index in [2.05, 4.69) is 10.3 Å². The van der Waals surface area contributed by atoms with Crippen LogP contribution in [0, 0.1) is 0 Å². The summed E-state index contributed by atoms with van der Waals surface area (Å²) in [6.07, 6.45) is 1.68. The molecule has 0 saturated heterocycles. The monoisotopic (exact) mass is 204 g/mol. The van der Waals surface area contributed by atoms with Gasteiger partial charge in [-0.05, 0) is 24.3 Å². The molecule has 3 N–H and O–H groups in total. The zero-order valence-corrected chi connectivity index (χ0v) is 8.17. The Kier molecular flexibility index (Phi) is 2.64. The number of hydrogen-bond acceptors (Lipinski definition) is 4. The van der Waals surface area contributed by atoms with Crippen LogP contribution in [0.4, 0.5) is 0 Å². The molecule has 0 atom stereocenters. The van der Waals surface area contributed by atoms with E-state index in [1.807, 2.05) is 12.1 Å². The van der Waals surface area contributed by atoms with Crippen molar-refractivity contribution in [3.8, 4) is 17.0 Å².